The average Bonchev–Trinajstić information content (AvgIpc) is 2.53. The highest BCUT2D eigenvalue weighted by Crippen LogP contribution is 2.35. The number of benzene rings is 2. The van der Waals surface area contributed by atoms with E-state index < -0.39 is 0 Å². The molecule has 1 unspecified atom stereocenters. The highest BCUT2D eigenvalue weighted by molar-refractivity contribution is 9.10. The van der Waals surface area contributed by atoms with Crippen LogP contribution in [-0.4, -0.2) is 18.3 Å². The van der Waals surface area contributed by atoms with Crippen LogP contribution in [-0.2, 0) is 6.61 Å². The lowest BCUT2D eigenvalue weighted by molar-refractivity contribution is 0.211. The van der Waals surface area contributed by atoms with Crippen LogP contribution < -0.4 is 9.47 Å². The van der Waals surface area contributed by atoms with Gasteiger partial charge in [0.25, 0.3) is 0 Å². The van der Waals surface area contributed by atoms with Gasteiger partial charge in [0.1, 0.15) is 11.5 Å². The summed E-state index contributed by atoms with van der Waals surface area (Å²) in [7, 11) is 0. The summed E-state index contributed by atoms with van der Waals surface area (Å²) in [6.45, 7) is 1.27. The van der Waals surface area contributed by atoms with E-state index in [0.717, 1.165) is 28.0 Å². The predicted octanol–water partition coefficient (Wildman–Crippen LogP) is 3.89. The standard InChI is InChI=1S/C17H17BrO3/c18-15-6-3-4-12(10-19)17(15)21-11-13-8-9-20-16-7-2-1-5-14(13)16/h1-7,13,19H,8-11H2. The summed E-state index contributed by atoms with van der Waals surface area (Å²) in [5.74, 6) is 1.99. The molecule has 1 atom stereocenters. The molecule has 0 bridgehead atoms. The van der Waals surface area contributed by atoms with Crippen molar-refractivity contribution < 1.29 is 14.6 Å². The van der Waals surface area contributed by atoms with E-state index in [4.69, 9.17) is 9.47 Å². The van der Waals surface area contributed by atoms with Crippen LogP contribution in [0.25, 0.3) is 0 Å². The Morgan fingerprint density at radius 1 is 1.19 bits per heavy atom. The molecule has 0 saturated heterocycles. The van der Waals surface area contributed by atoms with Crippen molar-refractivity contribution in [1.29, 1.82) is 0 Å². The monoisotopic (exact) mass is 348 g/mol. The lowest BCUT2D eigenvalue weighted by Crippen LogP contribution is -2.20. The summed E-state index contributed by atoms with van der Waals surface area (Å²) in [4.78, 5) is 0. The molecule has 0 aromatic heterocycles. The highest BCUT2D eigenvalue weighted by atomic mass is 79.9. The second-order valence-corrected chi connectivity index (χ2v) is 5.92. The minimum Gasteiger partial charge on any atom is -0.493 e. The van der Waals surface area contributed by atoms with Gasteiger partial charge in [0.05, 0.1) is 24.3 Å². The van der Waals surface area contributed by atoms with Gasteiger partial charge >= 0.3 is 0 Å². The number of ether oxygens (including phenoxy) is 2. The molecule has 3 nitrogen and oxygen atoms in total. The average molecular weight is 349 g/mol. The Morgan fingerprint density at radius 2 is 2.05 bits per heavy atom. The lowest BCUT2D eigenvalue weighted by atomic mass is 9.94. The van der Waals surface area contributed by atoms with Gasteiger partial charge in [-0.05, 0) is 34.5 Å². The zero-order valence-electron chi connectivity index (χ0n) is 11.6. The van der Waals surface area contributed by atoms with Crippen molar-refractivity contribution in [3.8, 4) is 11.5 Å². The van der Waals surface area contributed by atoms with Crippen molar-refractivity contribution >= 4 is 15.9 Å². The number of hydrogen-bond acceptors (Lipinski definition) is 3. The minimum atomic E-state index is -0.0286. The van der Waals surface area contributed by atoms with E-state index >= 15 is 0 Å². The normalized spacial score (nSPS) is 17.0. The van der Waals surface area contributed by atoms with Gasteiger partial charge in [0.2, 0.25) is 0 Å². The Balaban J connectivity index is 1.78. The Labute approximate surface area is 132 Å². The van der Waals surface area contributed by atoms with E-state index in [2.05, 4.69) is 22.0 Å². The van der Waals surface area contributed by atoms with Crippen LogP contribution in [0.5, 0.6) is 11.5 Å². The zero-order chi connectivity index (χ0) is 14.7. The van der Waals surface area contributed by atoms with Crippen LogP contribution in [0.3, 0.4) is 0 Å². The van der Waals surface area contributed by atoms with Gasteiger partial charge in [-0.2, -0.15) is 0 Å². The van der Waals surface area contributed by atoms with E-state index in [0.29, 0.717) is 19.1 Å². The summed E-state index contributed by atoms with van der Waals surface area (Å²) >= 11 is 3.48. The van der Waals surface area contributed by atoms with Gasteiger partial charge in [-0.25, -0.2) is 0 Å². The topological polar surface area (TPSA) is 38.7 Å². The number of para-hydroxylation sites is 2. The fourth-order valence-corrected chi connectivity index (χ4v) is 3.13. The van der Waals surface area contributed by atoms with Gasteiger partial charge < -0.3 is 14.6 Å². The van der Waals surface area contributed by atoms with Crippen molar-refractivity contribution in [2.24, 2.45) is 0 Å². The van der Waals surface area contributed by atoms with E-state index in [9.17, 15) is 5.11 Å². The Kier molecular flexibility index (Phi) is 4.46. The molecule has 0 radical (unpaired) electrons. The number of fused-ring (bicyclic) bond motifs is 1. The third kappa shape index (κ3) is 3.06. The SMILES string of the molecule is OCc1cccc(Br)c1OCC1CCOc2ccccc21. The first-order chi connectivity index (χ1) is 10.3. The number of hydrogen-bond donors (Lipinski definition) is 1. The lowest BCUT2D eigenvalue weighted by Gasteiger charge is -2.26. The molecule has 110 valence electrons. The van der Waals surface area contributed by atoms with Crippen molar-refractivity contribution in [2.75, 3.05) is 13.2 Å². The Bertz CT molecular complexity index is 627. The second kappa shape index (κ2) is 6.50. The molecule has 1 aliphatic rings. The maximum atomic E-state index is 9.42. The maximum Gasteiger partial charge on any atom is 0.138 e. The van der Waals surface area contributed by atoms with Crippen molar-refractivity contribution in [1.82, 2.24) is 0 Å². The van der Waals surface area contributed by atoms with E-state index in [-0.39, 0.29) is 6.61 Å². The van der Waals surface area contributed by atoms with E-state index in [1.54, 1.807) is 0 Å². The maximum absolute atomic E-state index is 9.42. The molecule has 0 spiro atoms. The van der Waals surface area contributed by atoms with Crippen LogP contribution in [0.4, 0.5) is 0 Å². The largest absolute Gasteiger partial charge is 0.493 e. The number of aliphatic hydroxyl groups excluding tert-OH is 1. The second-order valence-electron chi connectivity index (χ2n) is 5.07. The highest BCUT2D eigenvalue weighted by Gasteiger charge is 2.22. The molecule has 2 aromatic carbocycles. The minimum absolute atomic E-state index is 0.0286. The predicted molar refractivity (Wildman–Crippen MR) is 84.9 cm³/mol. The summed E-state index contributed by atoms with van der Waals surface area (Å²) in [5.41, 5.74) is 1.99. The third-order valence-corrected chi connectivity index (χ3v) is 4.35. The van der Waals surface area contributed by atoms with Crippen molar-refractivity contribution in [3.05, 3.63) is 58.1 Å². The molecule has 0 amide bonds. The quantitative estimate of drug-likeness (QED) is 0.910. The van der Waals surface area contributed by atoms with Crippen molar-refractivity contribution in [2.45, 2.75) is 18.9 Å². The van der Waals surface area contributed by atoms with Gasteiger partial charge in [0, 0.05) is 17.0 Å². The zero-order valence-corrected chi connectivity index (χ0v) is 13.2. The van der Waals surface area contributed by atoms with Crippen LogP contribution in [0.15, 0.2) is 46.9 Å². The molecule has 0 saturated carbocycles. The molecule has 2 aromatic rings. The summed E-state index contributed by atoms with van der Waals surface area (Å²) in [6, 6.07) is 13.8. The molecule has 0 fully saturated rings. The van der Waals surface area contributed by atoms with E-state index in [1.807, 2.05) is 36.4 Å². The molecular weight excluding hydrogens is 332 g/mol. The van der Waals surface area contributed by atoms with Gasteiger partial charge in [0.15, 0.2) is 0 Å². The van der Waals surface area contributed by atoms with Gasteiger partial charge in [-0.15, -0.1) is 0 Å². The molecule has 4 heteroatoms. The molecule has 1 heterocycles. The number of halogens is 1. The van der Waals surface area contributed by atoms with Crippen LogP contribution in [0, 0.1) is 0 Å². The molecule has 21 heavy (non-hydrogen) atoms. The Morgan fingerprint density at radius 3 is 2.90 bits per heavy atom. The fourth-order valence-electron chi connectivity index (χ4n) is 2.61. The van der Waals surface area contributed by atoms with Gasteiger partial charge in [-0.1, -0.05) is 30.3 Å². The summed E-state index contributed by atoms with van der Waals surface area (Å²) < 4.78 is 12.5. The van der Waals surface area contributed by atoms with Crippen LogP contribution in [0.2, 0.25) is 0 Å². The summed E-state index contributed by atoms with van der Waals surface area (Å²) in [5, 5.41) is 9.42. The Hall–Kier alpha value is -1.52. The molecular formula is C17H17BrO3. The first kappa shape index (κ1) is 14.4. The smallest absolute Gasteiger partial charge is 0.138 e. The van der Waals surface area contributed by atoms with Crippen molar-refractivity contribution in [3.63, 3.8) is 0 Å². The first-order valence-corrected chi connectivity index (χ1v) is 7.81. The number of rotatable bonds is 4. The molecule has 0 aliphatic carbocycles. The fraction of sp³-hybridized carbons (Fsp3) is 0.294. The van der Waals surface area contributed by atoms with Gasteiger partial charge in [-0.3, -0.25) is 0 Å². The summed E-state index contributed by atoms with van der Waals surface area (Å²) in [6.07, 6.45) is 0.940. The first-order valence-electron chi connectivity index (χ1n) is 7.02. The molecule has 3 rings (SSSR count). The molecule has 1 N–H and O–H groups in total. The van der Waals surface area contributed by atoms with Crippen LogP contribution >= 0.6 is 15.9 Å². The third-order valence-electron chi connectivity index (χ3n) is 3.73. The van der Waals surface area contributed by atoms with E-state index in [1.165, 1.54) is 5.56 Å². The number of aliphatic hydroxyl groups is 1. The molecule has 1 aliphatic heterocycles. The van der Waals surface area contributed by atoms with Crippen LogP contribution in [0.1, 0.15) is 23.5 Å².